The van der Waals surface area contributed by atoms with Gasteiger partial charge in [0, 0.05) is 17.3 Å². The first-order chi connectivity index (χ1) is 10.6. The Bertz CT molecular complexity index is 704. The summed E-state index contributed by atoms with van der Waals surface area (Å²) in [5.41, 5.74) is 3.75. The van der Waals surface area contributed by atoms with E-state index in [0.29, 0.717) is 11.3 Å². The summed E-state index contributed by atoms with van der Waals surface area (Å²) in [5.74, 6) is 0.265. The van der Waals surface area contributed by atoms with Crippen LogP contribution in [0.4, 0.5) is 5.69 Å². The zero-order valence-corrected chi connectivity index (χ0v) is 12.6. The average Bonchev–Trinajstić information content (AvgIpc) is 2.51. The van der Waals surface area contributed by atoms with Gasteiger partial charge in [-0.2, -0.15) is 5.10 Å². The maximum atomic E-state index is 9.62. The fourth-order valence-electron chi connectivity index (χ4n) is 1.67. The largest absolute Gasteiger partial charge is 0.504 e. The Balaban J connectivity index is 1.95. The van der Waals surface area contributed by atoms with Crippen LogP contribution in [-0.4, -0.2) is 28.6 Å². The number of ether oxygens (including phenoxy) is 1. The molecule has 2 rings (SSSR count). The van der Waals surface area contributed by atoms with Gasteiger partial charge in [0.05, 0.1) is 13.3 Å². The van der Waals surface area contributed by atoms with Crippen LogP contribution >= 0.6 is 12.2 Å². The molecule has 0 fully saturated rings. The summed E-state index contributed by atoms with van der Waals surface area (Å²) in [4.78, 5) is 0. The third-order valence-electron chi connectivity index (χ3n) is 2.74. The molecular weight excluding hydrogens is 302 g/mol. The topological polar surface area (TPSA) is 86.1 Å². The number of hydrazone groups is 1. The molecule has 6 nitrogen and oxygen atoms in total. The minimum absolute atomic E-state index is 0.207. The number of hydrogen-bond donors (Lipinski definition) is 4. The summed E-state index contributed by atoms with van der Waals surface area (Å²) >= 11 is 5.10. The van der Waals surface area contributed by atoms with E-state index in [1.807, 2.05) is 18.2 Å². The second-order valence-corrected chi connectivity index (χ2v) is 4.68. The van der Waals surface area contributed by atoms with Crippen LogP contribution in [-0.2, 0) is 0 Å². The molecule has 4 N–H and O–H groups in total. The van der Waals surface area contributed by atoms with Crippen LogP contribution in [0, 0.1) is 0 Å². The zero-order chi connectivity index (χ0) is 15.9. The molecule has 0 unspecified atom stereocenters. The molecule has 7 heteroatoms. The van der Waals surface area contributed by atoms with Gasteiger partial charge in [0.15, 0.2) is 16.6 Å². The Hall–Kier alpha value is -2.80. The van der Waals surface area contributed by atoms with E-state index in [1.54, 1.807) is 25.3 Å². The highest BCUT2D eigenvalue weighted by Gasteiger charge is 2.03. The molecule has 22 heavy (non-hydrogen) atoms. The number of rotatable bonds is 4. The second kappa shape index (κ2) is 7.28. The SMILES string of the molecule is COc1cccc(NC(=S)N/N=C/c2cccc(O)c2O)c1. The van der Waals surface area contributed by atoms with Crippen molar-refractivity contribution in [1.29, 1.82) is 0 Å². The van der Waals surface area contributed by atoms with Crippen molar-refractivity contribution in [2.75, 3.05) is 12.4 Å². The van der Waals surface area contributed by atoms with Gasteiger partial charge in [-0.05, 0) is 36.5 Å². The molecule has 0 radical (unpaired) electrons. The fraction of sp³-hybridized carbons (Fsp3) is 0.0667. The van der Waals surface area contributed by atoms with Gasteiger partial charge in [0.2, 0.25) is 0 Å². The van der Waals surface area contributed by atoms with Crippen molar-refractivity contribution in [2.24, 2.45) is 5.10 Å². The van der Waals surface area contributed by atoms with Crippen molar-refractivity contribution in [3.05, 3.63) is 48.0 Å². The van der Waals surface area contributed by atoms with Gasteiger partial charge in [-0.3, -0.25) is 5.43 Å². The first-order valence-corrected chi connectivity index (χ1v) is 6.76. The fourth-order valence-corrected chi connectivity index (χ4v) is 1.84. The lowest BCUT2D eigenvalue weighted by Gasteiger charge is -2.08. The first-order valence-electron chi connectivity index (χ1n) is 6.35. The minimum Gasteiger partial charge on any atom is -0.504 e. The van der Waals surface area contributed by atoms with Gasteiger partial charge < -0.3 is 20.3 Å². The van der Waals surface area contributed by atoms with Crippen LogP contribution in [0.2, 0.25) is 0 Å². The molecule has 0 bridgehead atoms. The zero-order valence-electron chi connectivity index (χ0n) is 11.8. The van der Waals surface area contributed by atoms with Crippen LogP contribution in [0.1, 0.15) is 5.56 Å². The van der Waals surface area contributed by atoms with E-state index >= 15 is 0 Å². The number of thiocarbonyl (C=S) groups is 1. The molecule has 0 saturated carbocycles. The summed E-state index contributed by atoms with van der Waals surface area (Å²) < 4.78 is 5.12. The summed E-state index contributed by atoms with van der Waals surface area (Å²) in [7, 11) is 1.59. The minimum atomic E-state index is -0.236. The van der Waals surface area contributed by atoms with Gasteiger partial charge in [-0.25, -0.2) is 0 Å². The number of anilines is 1. The number of phenols is 2. The lowest BCUT2D eigenvalue weighted by Crippen LogP contribution is -2.23. The number of para-hydroxylation sites is 1. The number of benzene rings is 2. The summed E-state index contributed by atoms with van der Waals surface area (Å²) in [6, 6.07) is 11.9. The van der Waals surface area contributed by atoms with E-state index in [0.717, 1.165) is 5.69 Å². The third kappa shape index (κ3) is 4.10. The molecular formula is C15H15N3O3S. The number of aromatic hydroxyl groups is 2. The van der Waals surface area contributed by atoms with Gasteiger partial charge >= 0.3 is 0 Å². The maximum absolute atomic E-state index is 9.62. The van der Waals surface area contributed by atoms with E-state index in [1.165, 1.54) is 12.3 Å². The third-order valence-corrected chi connectivity index (χ3v) is 2.94. The molecule has 0 aliphatic rings. The van der Waals surface area contributed by atoms with Gasteiger partial charge in [0.25, 0.3) is 0 Å². The predicted molar refractivity (Wildman–Crippen MR) is 89.7 cm³/mol. The molecule has 0 saturated heterocycles. The number of hydrogen-bond acceptors (Lipinski definition) is 5. The number of methoxy groups -OCH3 is 1. The highest BCUT2D eigenvalue weighted by atomic mass is 32.1. The molecule has 0 aromatic heterocycles. The molecule has 0 aliphatic carbocycles. The van der Waals surface area contributed by atoms with Crippen molar-refractivity contribution >= 4 is 29.2 Å². The van der Waals surface area contributed by atoms with E-state index in [-0.39, 0.29) is 16.6 Å². The van der Waals surface area contributed by atoms with E-state index in [9.17, 15) is 10.2 Å². The number of phenolic OH excluding ortho intramolecular Hbond substituents is 2. The van der Waals surface area contributed by atoms with Crippen molar-refractivity contribution < 1.29 is 14.9 Å². The quantitative estimate of drug-likeness (QED) is 0.300. The van der Waals surface area contributed by atoms with Crippen LogP contribution in [0.15, 0.2) is 47.6 Å². The summed E-state index contributed by atoms with van der Waals surface area (Å²) in [6.45, 7) is 0. The van der Waals surface area contributed by atoms with Gasteiger partial charge in [0.1, 0.15) is 5.75 Å². The number of nitrogens with one attached hydrogen (secondary N) is 2. The standard InChI is InChI=1S/C15H15N3O3S/c1-21-12-6-3-5-11(8-12)17-15(22)18-16-9-10-4-2-7-13(19)14(10)20/h2-9,19-20H,1H3,(H2,17,18,22)/b16-9+. The molecule has 0 heterocycles. The van der Waals surface area contributed by atoms with Crippen LogP contribution in [0.3, 0.4) is 0 Å². The van der Waals surface area contributed by atoms with E-state index in [2.05, 4.69) is 15.8 Å². The monoisotopic (exact) mass is 317 g/mol. The van der Waals surface area contributed by atoms with Crippen molar-refractivity contribution in [2.45, 2.75) is 0 Å². The normalized spacial score (nSPS) is 10.4. The van der Waals surface area contributed by atoms with E-state index in [4.69, 9.17) is 17.0 Å². The van der Waals surface area contributed by atoms with Crippen LogP contribution in [0.5, 0.6) is 17.2 Å². The summed E-state index contributed by atoms with van der Waals surface area (Å²) in [5, 5.41) is 26.1. The van der Waals surface area contributed by atoms with Crippen molar-refractivity contribution in [3.8, 4) is 17.2 Å². The molecule has 2 aromatic rings. The molecule has 0 amide bonds. The smallest absolute Gasteiger partial charge is 0.191 e. The molecule has 0 atom stereocenters. The van der Waals surface area contributed by atoms with Gasteiger partial charge in [-0.15, -0.1) is 0 Å². The molecule has 0 aliphatic heterocycles. The Morgan fingerprint density at radius 3 is 2.77 bits per heavy atom. The first kappa shape index (κ1) is 15.6. The highest BCUT2D eigenvalue weighted by molar-refractivity contribution is 7.80. The van der Waals surface area contributed by atoms with Crippen LogP contribution in [0.25, 0.3) is 0 Å². The molecule has 2 aromatic carbocycles. The van der Waals surface area contributed by atoms with Gasteiger partial charge in [-0.1, -0.05) is 12.1 Å². The van der Waals surface area contributed by atoms with E-state index < -0.39 is 0 Å². The Labute approximate surface area is 133 Å². The lowest BCUT2D eigenvalue weighted by molar-refractivity contribution is 0.403. The average molecular weight is 317 g/mol. The summed E-state index contributed by atoms with van der Waals surface area (Å²) in [6.07, 6.45) is 1.36. The number of nitrogens with zero attached hydrogens (tertiary/aromatic N) is 1. The second-order valence-electron chi connectivity index (χ2n) is 4.27. The Kier molecular flexibility index (Phi) is 5.16. The Morgan fingerprint density at radius 1 is 1.23 bits per heavy atom. The van der Waals surface area contributed by atoms with Crippen LogP contribution < -0.4 is 15.5 Å². The highest BCUT2D eigenvalue weighted by Crippen LogP contribution is 2.26. The maximum Gasteiger partial charge on any atom is 0.191 e. The predicted octanol–water partition coefficient (Wildman–Crippen LogP) is 2.43. The van der Waals surface area contributed by atoms with Crippen molar-refractivity contribution in [1.82, 2.24) is 5.43 Å². The molecule has 0 spiro atoms. The lowest BCUT2D eigenvalue weighted by atomic mass is 10.2. The Morgan fingerprint density at radius 2 is 2.00 bits per heavy atom. The van der Waals surface area contributed by atoms with Crippen molar-refractivity contribution in [3.63, 3.8) is 0 Å². The molecule has 114 valence electrons.